The smallest absolute Gasteiger partial charge is 0.250 e. The molecule has 11 heavy (non-hydrogen) atoms. The molecule has 0 aliphatic heterocycles. The van der Waals surface area contributed by atoms with E-state index < -0.39 is 28.5 Å². The quantitative estimate of drug-likeness (QED) is 0.702. The Kier molecular flexibility index (Phi) is 4.10. The number of hydrogen-bond donors (Lipinski definition) is 1. The highest BCUT2D eigenvalue weighted by Gasteiger charge is 2.17. The predicted molar refractivity (Wildman–Crippen MR) is 42.1 cm³/mol. The minimum Gasteiger partial charge on any atom is -0.325 e. The van der Waals surface area contributed by atoms with E-state index in [4.69, 9.17) is 5.73 Å². The van der Waals surface area contributed by atoms with E-state index in [0.29, 0.717) is 0 Å². The molecular formula is C6H13F2NOS. The van der Waals surface area contributed by atoms with Gasteiger partial charge in [0.15, 0.2) is 0 Å². The van der Waals surface area contributed by atoms with Gasteiger partial charge in [-0.05, 0) is 13.8 Å². The minimum atomic E-state index is -2.50. The van der Waals surface area contributed by atoms with Gasteiger partial charge in [-0.1, -0.05) is 0 Å². The van der Waals surface area contributed by atoms with E-state index >= 15 is 0 Å². The fourth-order valence-electron chi connectivity index (χ4n) is 0.614. The highest BCUT2D eigenvalue weighted by Crippen LogP contribution is 2.03. The summed E-state index contributed by atoms with van der Waals surface area (Å²) >= 11 is 0. The Bertz CT molecular complexity index is 144. The van der Waals surface area contributed by atoms with Crippen molar-refractivity contribution in [2.75, 3.05) is 11.5 Å². The van der Waals surface area contributed by atoms with Crippen LogP contribution < -0.4 is 5.73 Å². The van der Waals surface area contributed by atoms with Crippen molar-refractivity contribution in [1.29, 1.82) is 0 Å². The van der Waals surface area contributed by atoms with Crippen molar-refractivity contribution < 1.29 is 13.0 Å². The number of rotatable bonds is 4. The molecule has 0 aromatic rings. The molecule has 0 rings (SSSR count). The van der Waals surface area contributed by atoms with Gasteiger partial charge in [0.2, 0.25) is 6.43 Å². The van der Waals surface area contributed by atoms with E-state index in [1.807, 2.05) is 0 Å². The number of nitrogens with two attached hydrogens (primary N) is 1. The van der Waals surface area contributed by atoms with Gasteiger partial charge in [0.1, 0.15) is 0 Å². The van der Waals surface area contributed by atoms with Crippen LogP contribution in [0, 0.1) is 0 Å². The molecule has 0 amide bonds. The van der Waals surface area contributed by atoms with Crippen molar-refractivity contribution in [2.24, 2.45) is 5.73 Å². The molecule has 0 heterocycles. The van der Waals surface area contributed by atoms with Crippen LogP contribution in [-0.4, -0.2) is 27.7 Å². The Balaban J connectivity index is 3.71. The third-order valence-electron chi connectivity index (χ3n) is 0.845. The molecule has 0 radical (unpaired) electrons. The van der Waals surface area contributed by atoms with Crippen molar-refractivity contribution >= 4 is 10.8 Å². The van der Waals surface area contributed by atoms with Crippen molar-refractivity contribution in [1.82, 2.24) is 0 Å². The lowest BCUT2D eigenvalue weighted by atomic mass is 10.1. The van der Waals surface area contributed by atoms with Crippen molar-refractivity contribution in [3.05, 3.63) is 0 Å². The van der Waals surface area contributed by atoms with E-state index in [2.05, 4.69) is 0 Å². The summed E-state index contributed by atoms with van der Waals surface area (Å²) in [6, 6.07) is 0. The van der Waals surface area contributed by atoms with Crippen LogP contribution in [-0.2, 0) is 10.8 Å². The second-order valence-corrected chi connectivity index (χ2v) is 4.63. The molecule has 0 aromatic heterocycles. The van der Waals surface area contributed by atoms with Gasteiger partial charge in [0.05, 0.1) is 5.75 Å². The molecule has 0 saturated carbocycles. The van der Waals surface area contributed by atoms with Crippen LogP contribution in [0.15, 0.2) is 0 Å². The topological polar surface area (TPSA) is 43.1 Å². The van der Waals surface area contributed by atoms with Gasteiger partial charge in [-0.3, -0.25) is 4.21 Å². The first-order valence-corrected chi connectivity index (χ1v) is 4.72. The number of hydrogen-bond acceptors (Lipinski definition) is 2. The molecule has 1 unspecified atom stereocenters. The van der Waals surface area contributed by atoms with E-state index in [0.717, 1.165) is 0 Å². The van der Waals surface area contributed by atoms with E-state index in [1.165, 1.54) is 0 Å². The zero-order valence-electron chi connectivity index (χ0n) is 6.64. The lowest BCUT2D eigenvalue weighted by Gasteiger charge is -2.16. The molecule has 0 aliphatic carbocycles. The average Bonchev–Trinajstić information content (AvgIpc) is 1.53. The molecule has 0 spiro atoms. The second-order valence-electron chi connectivity index (χ2n) is 3.13. The largest absolute Gasteiger partial charge is 0.325 e. The Labute approximate surface area is 67.6 Å². The number of halogens is 2. The van der Waals surface area contributed by atoms with Crippen LogP contribution in [0.25, 0.3) is 0 Å². The first kappa shape index (κ1) is 11.0. The Morgan fingerprint density at radius 1 is 1.55 bits per heavy atom. The van der Waals surface area contributed by atoms with Gasteiger partial charge in [0.25, 0.3) is 0 Å². The maximum Gasteiger partial charge on any atom is 0.250 e. The van der Waals surface area contributed by atoms with Crippen LogP contribution in [0.3, 0.4) is 0 Å². The summed E-state index contributed by atoms with van der Waals surface area (Å²) in [6.07, 6.45) is -2.50. The average molecular weight is 185 g/mol. The van der Waals surface area contributed by atoms with Gasteiger partial charge in [-0.2, -0.15) is 0 Å². The Morgan fingerprint density at radius 2 is 2.00 bits per heavy atom. The molecule has 5 heteroatoms. The van der Waals surface area contributed by atoms with Gasteiger partial charge < -0.3 is 5.73 Å². The first-order chi connectivity index (χ1) is 4.81. The summed E-state index contributed by atoms with van der Waals surface area (Å²) < 4.78 is 34.1. The fourth-order valence-corrected chi connectivity index (χ4v) is 1.84. The fraction of sp³-hybridized carbons (Fsp3) is 1.00. The predicted octanol–water partition coefficient (Wildman–Crippen LogP) is 0.738. The van der Waals surface area contributed by atoms with Crippen LogP contribution >= 0.6 is 0 Å². The van der Waals surface area contributed by atoms with Gasteiger partial charge in [0, 0.05) is 22.1 Å². The molecule has 0 fully saturated rings. The summed E-state index contributed by atoms with van der Waals surface area (Å²) in [5.74, 6) is -0.446. The SMILES string of the molecule is CC(C)(N)CS(=O)CC(F)F. The molecule has 0 aromatic carbocycles. The molecule has 1 atom stereocenters. The standard InChI is InChI=1S/C6H13F2NOS/c1-6(2,9)4-11(10)3-5(7)8/h5H,3-4,9H2,1-2H3. The van der Waals surface area contributed by atoms with Gasteiger partial charge in [-0.25, -0.2) is 8.78 Å². The zero-order valence-corrected chi connectivity index (χ0v) is 7.46. The summed E-state index contributed by atoms with van der Waals surface area (Å²) in [5.41, 5.74) is 4.85. The highest BCUT2D eigenvalue weighted by atomic mass is 32.2. The summed E-state index contributed by atoms with van der Waals surface area (Å²) in [4.78, 5) is 0. The number of alkyl halides is 2. The summed E-state index contributed by atoms with van der Waals surface area (Å²) in [7, 11) is -1.49. The van der Waals surface area contributed by atoms with E-state index in [1.54, 1.807) is 13.8 Å². The van der Waals surface area contributed by atoms with Crippen LogP contribution in [0.5, 0.6) is 0 Å². The second kappa shape index (κ2) is 4.11. The monoisotopic (exact) mass is 185 g/mol. The van der Waals surface area contributed by atoms with Crippen molar-refractivity contribution in [2.45, 2.75) is 25.8 Å². The van der Waals surface area contributed by atoms with Crippen molar-refractivity contribution in [3.8, 4) is 0 Å². The maximum absolute atomic E-state index is 11.6. The van der Waals surface area contributed by atoms with E-state index in [9.17, 15) is 13.0 Å². The third-order valence-corrected chi connectivity index (χ3v) is 2.53. The van der Waals surface area contributed by atoms with E-state index in [-0.39, 0.29) is 5.75 Å². The lowest BCUT2D eigenvalue weighted by molar-refractivity contribution is 0.175. The van der Waals surface area contributed by atoms with Crippen LogP contribution in [0.4, 0.5) is 8.78 Å². The first-order valence-electron chi connectivity index (χ1n) is 3.23. The van der Waals surface area contributed by atoms with Crippen LogP contribution in [0.2, 0.25) is 0 Å². The third kappa shape index (κ3) is 7.87. The summed E-state index contributed by atoms with van der Waals surface area (Å²) in [6.45, 7) is 3.33. The molecule has 68 valence electrons. The molecule has 0 aliphatic rings. The molecule has 0 saturated heterocycles. The minimum absolute atomic E-state index is 0.122. The molecule has 2 N–H and O–H groups in total. The van der Waals surface area contributed by atoms with Gasteiger partial charge in [-0.15, -0.1) is 0 Å². The Hall–Kier alpha value is -0.0300. The zero-order chi connectivity index (χ0) is 9.07. The summed E-state index contributed by atoms with van der Waals surface area (Å²) in [5, 5.41) is 0. The molecule has 2 nitrogen and oxygen atoms in total. The highest BCUT2D eigenvalue weighted by molar-refractivity contribution is 7.85. The lowest BCUT2D eigenvalue weighted by Crippen LogP contribution is -2.39. The normalized spacial score (nSPS) is 15.5. The van der Waals surface area contributed by atoms with Gasteiger partial charge >= 0.3 is 0 Å². The Morgan fingerprint density at radius 3 is 2.27 bits per heavy atom. The van der Waals surface area contributed by atoms with Crippen LogP contribution in [0.1, 0.15) is 13.8 Å². The molecule has 0 bridgehead atoms. The maximum atomic E-state index is 11.6. The molecular weight excluding hydrogens is 172 g/mol. The van der Waals surface area contributed by atoms with Crippen molar-refractivity contribution in [3.63, 3.8) is 0 Å².